The molecule has 0 bridgehead atoms. The molecule has 3 nitrogen and oxygen atoms in total. The number of hydrogen-bond donors (Lipinski definition) is 1. The number of aryl methyl sites for hydroxylation is 1. The van der Waals surface area contributed by atoms with E-state index in [2.05, 4.69) is 37.3 Å². The highest BCUT2D eigenvalue weighted by molar-refractivity contribution is 5.44. The minimum Gasteiger partial charge on any atom is -0.454 e. The van der Waals surface area contributed by atoms with E-state index >= 15 is 0 Å². The van der Waals surface area contributed by atoms with E-state index in [9.17, 15) is 0 Å². The van der Waals surface area contributed by atoms with Crippen LogP contribution in [-0.4, -0.2) is 12.8 Å². The second kappa shape index (κ2) is 5.55. The normalized spacial score (nSPS) is 14.3. The summed E-state index contributed by atoms with van der Waals surface area (Å²) in [5.74, 6) is 1.64. The standard InChI is InChI=1S/C17H19NO2/c1-12-3-2-4-13(7-12)8-15(18)9-14-5-6-16-17(10-14)20-11-19-16/h2-7,10,15H,8-9,11,18H2,1H3. The maximum absolute atomic E-state index is 6.26. The summed E-state index contributed by atoms with van der Waals surface area (Å²) in [5, 5.41) is 0. The lowest BCUT2D eigenvalue weighted by atomic mass is 9.98. The lowest BCUT2D eigenvalue weighted by molar-refractivity contribution is 0.174. The molecule has 2 aromatic carbocycles. The smallest absolute Gasteiger partial charge is 0.231 e. The summed E-state index contributed by atoms with van der Waals surface area (Å²) in [6.07, 6.45) is 1.72. The van der Waals surface area contributed by atoms with E-state index in [-0.39, 0.29) is 6.04 Å². The van der Waals surface area contributed by atoms with Crippen LogP contribution in [0.1, 0.15) is 16.7 Å². The van der Waals surface area contributed by atoms with Crippen LogP contribution in [0.15, 0.2) is 42.5 Å². The van der Waals surface area contributed by atoms with Crippen LogP contribution in [0.4, 0.5) is 0 Å². The summed E-state index contributed by atoms with van der Waals surface area (Å²) in [5.41, 5.74) is 10.0. The van der Waals surface area contributed by atoms with Crippen LogP contribution in [0.25, 0.3) is 0 Å². The van der Waals surface area contributed by atoms with E-state index in [1.54, 1.807) is 0 Å². The Labute approximate surface area is 119 Å². The molecule has 0 spiro atoms. The van der Waals surface area contributed by atoms with Crippen LogP contribution in [0.5, 0.6) is 11.5 Å². The van der Waals surface area contributed by atoms with Gasteiger partial charge in [-0.05, 0) is 43.0 Å². The topological polar surface area (TPSA) is 44.5 Å². The van der Waals surface area contributed by atoms with Gasteiger partial charge in [-0.3, -0.25) is 0 Å². The number of hydrogen-bond acceptors (Lipinski definition) is 3. The van der Waals surface area contributed by atoms with Crippen molar-refractivity contribution in [3.63, 3.8) is 0 Å². The SMILES string of the molecule is Cc1cccc(CC(N)Cc2ccc3c(c2)OCO3)c1. The highest BCUT2D eigenvalue weighted by Crippen LogP contribution is 2.32. The molecule has 2 N–H and O–H groups in total. The van der Waals surface area contributed by atoms with Crippen molar-refractivity contribution in [2.75, 3.05) is 6.79 Å². The van der Waals surface area contributed by atoms with Crippen molar-refractivity contribution in [3.05, 3.63) is 59.2 Å². The zero-order valence-electron chi connectivity index (χ0n) is 11.6. The van der Waals surface area contributed by atoms with Crippen molar-refractivity contribution in [2.45, 2.75) is 25.8 Å². The number of benzene rings is 2. The van der Waals surface area contributed by atoms with E-state index < -0.39 is 0 Å². The third kappa shape index (κ3) is 2.94. The molecule has 1 aliphatic rings. The largest absolute Gasteiger partial charge is 0.454 e. The molecule has 0 saturated carbocycles. The van der Waals surface area contributed by atoms with Crippen LogP contribution < -0.4 is 15.2 Å². The minimum absolute atomic E-state index is 0.108. The molecule has 2 aromatic rings. The van der Waals surface area contributed by atoms with Gasteiger partial charge in [0.2, 0.25) is 6.79 Å². The molecule has 3 heteroatoms. The highest BCUT2D eigenvalue weighted by atomic mass is 16.7. The predicted octanol–water partition coefficient (Wildman–Crippen LogP) is 2.84. The molecule has 0 aromatic heterocycles. The van der Waals surface area contributed by atoms with Crippen molar-refractivity contribution in [3.8, 4) is 11.5 Å². The molecule has 3 rings (SSSR count). The molecule has 1 atom stereocenters. The Hall–Kier alpha value is -2.00. The van der Waals surface area contributed by atoms with Gasteiger partial charge in [0.05, 0.1) is 0 Å². The zero-order chi connectivity index (χ0) is 13.9. The number of ether oxygens (including phenoxy) is 2. The minimum atomic E-state index is 0.108. The van der Waals surface area contributed by atoms with E-state index in [0.29, 0.717) is 6.79 Å². The molecule has 0 fully saturated rings. The molecule has 1 unspecified atom stereocenters. The number of rotatable bonds is 4. The fourth-order valence-electron chi connectivity index (χ4n) is 2.58. The van der Waals surface area contributed by atoms with Crippen molar-refractivity contribution in [1.82, 2.24) is 0 Å². The fraction of sp³-hybridized carbons (Fsp3) is 0.294. The molecular weight excluding hydrogens is 250 g/mol. The number of nitrogens with two attached hydrogens (primary N) is 1. The summed E-state index contributed by atoms with van der Waals surface area (Å²) < 4.78 is 10.7. The van der Waals surface area contributed by atoms with Gasteiger partial charge in [0, 0.05) is 6.04 Å². The maximum Gasteiger partial charge on any atom is 0.231 e. The summed E-state index contributed by atoms with van der Waals surface area (Å²) in [6.45, 7) is 2.42. The summed E-state index contributed by atoms with van der Waals surface area (Å²) in [4.78, 5) is 0. The monoisotopic (exact) mass is 269 g/mol. The molecule has 104 valence electrons. The third-order valence-electron chi connectivity index (χ3n) is 3.52. The molecule has 0 radical (unpaired) electrons. The second-order valence-electron chi connectivity index (χ2n) is 5.34. The van der Waals surface area contributed by atoms with Gasteiger partial charge < -0.3 is 15.2 Å². The van der Waals surface area contributed by atoms with Crippen LogP contribution in [-0.2, 0) is 12.8 Å². The second-order valence-corrected chi connectivity index (χ2v) is 5.34. The fourth-order valence-corrected chi connectivity index (χ4v) is 2.58. The first-order valence-corrected chi connectivity index (χ1v) is 6.90. The van der Waals surface area contributed by atoms with Gasteiger partial charge in [0.1, 0.15) is 0 Å². The van der Waals surface area contributed by atoms with E-state index in [0.717, 1.165) is 24.3 Å². The first-order valence-electron chi connectivity index (χ1n) is 6.90. The Bertz CT molecular complexity index is 610. The van der Waals surface area contributed by atoms with Crippen LogP contribution in [0.3, 0.4) is 0 Å². The Morgan fingerprint density at radius 1 is 1.00 bits per heavy atom. The van der Waals surface area contributed by atoms with Gasteiger partial charge in [-0.1, -0.05) is 35.9 Å². The van der Waals surface area contributed by atoms with Gasteiger partial charge in [-0.15, -0.1) is 0 Å². The van der Waals surface area contributed by atoms with Gasteiger partial charge in [-0.25, -0.2) is 0 Å². The van der Waals surface area contributed by atoms with E-state index in [1.807, 2.05) is 12.1 Å². The quantitative estimate of drug-likeness (QED) is 0.928. The Kier molecular flexibility index (Phi) is 3.61. The highest BCUT2D eigenvalue weighted by Gasteiger charge is 2.14. The Morgan fingerprint density at radius 3 is 2.55 bits per heavy atom. The van der Waals surface area contributed by atoms with Gasteiger partial charge in [-0.2, -0.15) is 0 Å². The van der Waals surface area contributed by atoms with Crippen molar-refractivity contribution < 1.29 is 9.47 Å². The van der Waals surface area contributed by atoms with Gasteiger partial charge in [0.25, 0.3) is 0 Å². The first-order chi connectivity index (χ1) is 9.70. The third-order valence-corrected chi connectivity index (χ3v) is 3.52. The lowest BCUT2D eigenvalue weighted by Crippen LogP contribution is -2.25. The summed E-state index contributed by atoms with van der Waals surface area (Å²) in [7, 11) is 0. The van der Waals surface area contributed by atoms with Crippen LogP contribution in [0.2, 0.25) is 0 Å². The maximum atomic E-state index is 6.26. The summed E-state index contributed by atoms with van der Waals surface area (Å²) in [6, 6.07) is 14.7. The summed E-state index contributed by atoms with van der Waals surface area (Å²) >= 11 is 0. The van der Waals surface area contributed by atoms with Crippen LogP contribution >= 0.6 is 0 Å². The lowest BCUT2D eigenvalue weighted by Gasteiger charge is -2.12. The first kappa shape index (κ1) is 13.0. The molecule has 0 amide bonds. The average molecular weight is 269 g/mol. The van der Waals surface area contributed by atoms with E-state index in [1.165, 1.54) is 16.7 Å². The van der Waals surface area contributed by atoms with Crippen molar-refractivity contribution in [1.29, 1.82) is 0 Å². The Morgan fingerprint density at radius 2 is 1.75 bits per heavy atom. The average Bonchev–Trinajstić information content (AvgIpc) is 2.86. The van der Waals surface area contributed by atoms with Crippen molar-refractivity contribution in [2.24, 2.45) is 5.73 Å². The molecular formula is C17H19NO2. The van der Waals surface area contributed by atoms with Crippen molar-refractivity contribution >= 4 is 0 Å². The Balaban J connectivity index is 1.65. The zero-order valence-corrected chi connectivity index (χ0v) is 11.6. The molecule has 1 heterocycles. The number of fused-ring (bicyclic) bond motifs is 1. The van der Waals surface area contributed by atoms with Gasteiger partial charge >= 0.3 is 0 Å². The molecule has 0 aliphatic carbocycles. The van der Waals surface area contributed by atoms with E-state index in [4.69, 9.17) is 15.2 Å². The molecule has 0 saturated heterocycles. The molecule has 20 heavy (non-hydrogen) atoms. The predicted molar refractivity (Wildman–Crippen MR) is 79.1 cm³/mol. The van der Waals surface area contributed by atoms with Crippen LogP contribution in [0, 0.1) is 6.92 Å². The molecule has 1 aliphatic heterocycles. The van der Waals surface area contributed by atoms with Gasteiger partial charge in [0.15, 0.2) is 11.5 Å².